The van der Waals surface area contributed by atoms with Gasteiger partial charge in [0.1, 0.15) is 29.7 Å². The molecule has 6 atom stereocenters. The van der Waals surface area contributed by atoms with Crippen molar-refractivity contribution in [2.45, 2.75) is 56.1 Å². The fraction of sp³-hybridized carbons (Fsp3) is 0.478. The van der Waals surface area contributed by atoms with Crippen molar-refractivity contribution in [3.63, 3.8) is 0 Å². The van der Waals surface area contributed by atoms with Crippen LogP contribution in [0.1, 0.15) is 30.5 Å². The van der Waals surface area contributed by atoms with Gasteiger partial charge in [0, 0.05) is 10.6 Å². The maximum Gasteiger partial charge on any atom is 0.225 e. The molecule has 0 spiro atoms. The van der Waals surface area contributed by atoms with Gasteiger partial charge in [-0.2, -0.15) is 0 Å². The number of hydrogen-bond acceptors (Lipinski definition) is 7. The third-order valence-corrected chi connectivity index (χ3v) is 6.54. The molecule has 2 aromatic rings. The van der Waals surface area contributed by atoms with Crippen molar-refractivity contribution in [2.75, 3.05) is 13.2 Å². The van der Waals surface area contributed by atoms with Gasteiger partial charge in [0.05, 0.1) is 19.3 Å². The Labute approximate surface area is 185 Å². The summed E-state index contributed by atoms with van der Waals surface area (Å²) in [7, 11) is 0. The van der Waals surface area contributed by atoms with Crippen molar-refractivity contribution in [1.82, 2.24) is 0 Å². The van der Waals surface area contributed by atoms with E-state index in [1.165, 1.54) is 6.92 Å². The Morgan fingerprint density at radius 3 is 2.48 bits per heavy atom. The number of aliphatic hydroxyl groups is 4. The van der Waals surface area contributed by atoms with Crippen molar-refractivity contribution < 1.29 is 34.6 Å². The Morgan fingerprint density at radius 1 is 1.13 bits per heavy atom. The third kappa shape index (κ3) is 3.64. The summed E-state index contributed by atoms with van der Waals surface area (Å²) in [6.45, 7) is 3.78. The second-order valence-electron chi connectivity index (χ2n) is 8.13. The number of hydrogen-bond donors (Lipinski definition) is 4. The average molecular weight is 451 g/mol. The zero-order chi connectivity index (χ0) is 22.4. The van der Waals surface area contributed by atoms with Gasteiger partial charge < -0.3 is 34.6 Å². The molecule has 2 saturated heterocycles. The molecule has 4 rings (SSSR count). The minimum Gasteiger partial charge on any atom is -0.494 e. The van der Waals surface area contributed by atoms with Crippen LogP contribution in [-0.2, 0) is 21.7 Å². The van der Waals surface area contributed by atoms with Crippen molar-refractivity contribution in [2.24, 2.45) is 0 Å². The molecule has 0 amide bonds. The molecule has 0 radical (unpaired) electrons. The molecule has 7 nitrogen and oxygen atoms in total. The number of benzene rings is 2. The van der Waals surface area contributed by atoms with Crippen molar-refractivity contribution in [1.29, 1.82) is 0 Å². The molecular formula is C23H27ClO7. The monoisotopic (exact) mass is 450 g/mol. The molecule has 2 heterocycles. The topological polar surface area (TPSA) is 109 Å². The predicted molar refractivity (Wildman–Crippen MR) is 113 cm³/mol. The number of aliphatic hydroxyl groups excluding tert-OH is 4. The van der Waals surface area contributed by atoms with Crippen molar-refractivity contribution in [3.05, 3.63) is 64.2 Å². The Morgan fingerprint density at radius 2 is 1.84 bits per heavy atom. The molecule has 2 aromatic carbocycles. The van der Waals surface area contributed by atoms with E-state index in [1.807, 2.05) is 31.2 Å². The molecule has 168 valence electrons. The summed E-state index contributed by atoms with van der Waals surface area (Å²) in [5.74, 6) is -0.946. The molecule has 0 saturated carbocycles. The summed E-state index contributed by atoms with van der Waals surface area (Å²) in [5.41, 5.74) is 0.672. The maximum atomic E-state index is 10.8. The molecule has 31 heavy (non-hydrogen) atoms. The minimum atomic E-state index is -1.73. The van der Waals surface area contributed by atoms with Gasteiger partial charge in [-0.15, -0.1) is 0 Å². The van der Waals surface area contributed by atoms with Gasteiger partial charge in [-0.1, -0.05) is 29.8 Å². The summed E-state index contributed by atoms with van der Waals surface area (Å²) in [5, 5.41) is 42.5. The van der Waals surface area contributed by atoms with Crippen LogP contribution in [0, 0.1) is 0 Å². The summed E-state index contributed by atoms with van der Waals surface area (Å²) >= 11 is 6.43. The van der Waals surface area contributed by atoms with Gasteiger partial charge in [0.15, 0.2) is 0 Å². The number of halogens is 1. The first kappa shape index (κ1) is 22.5. The van der Waals surface area contributed by atoms with E-state index in [-0.39, 0.29) is 6.61 Å². The largest absolute Gasteiger partial charge is 0.494 e. The summed E-state index contributed by atoms with van der Waals surface area (Å²) in [6, 6.07) is 12.7. The lowest BCUT2D eigenvalue weighted by Gasteiger charge is -2.47. The number of rotatable bonds is 6. The zero-order valence-electron chi connectivity index (χ0n) is 17.4. The molecule has 4 N–H and O–H groups in total. The van der Waals surface area contributed by atoms with E-state index in [9.17, 15) is 20.4 Å². The highest BCUT2D eigenvalue weighted by molar-refractivity contribution is 6.31. The first-order valence-corrected chi connectivity index (χ1v) is 10.7. The van der Waals surface area contributed by atoms with E-state index < -0.39 is 35.8 Å². The van der Waals surface area contributed by atoms with Crippen LogP contribution < -0.4 is 4.74 Å². The van der Waals surface area contributed by atoms with Gasteiger partial charge in [0.25, 0.3) is 0 Å². The van der Waals surface area contributed by atoms with Gasteiger partial charge in [0.2, 0.25) is 5.79 Å². The molecule has 2 fully saturated rings. The SMILES string of the molecule is CCOc1ccc(Cc2cc(C34OCC(C(C)O)(O3)[C@@H](O)[C@H](O)[C@H]4O)ccc2Cl)cc1. The lowest BCUT2D eigenvalue weighted by molar-refractivity contribution is -0.336. The Balaban J connectivity index is 1.67. The second kappa shape index (κ2) is 8.33. The highest BCUT2D eigenvalue weighted by atomic mass is 35.5. The Bertz CT molecular complexity index is 934. The van der Waals surface area contributed by atoms with Crippen molar-refractivity contribution >= 4 is 11.6 Å². The molecule has 2 aliphatic heterocycles. The summed E-state index contributed by atoms with van der Waals surface area (Å²) in [6.07, 6.45) is -5.25. The third-order valence-electron chi connectivity index (χ3n) is 6.18. The fourth-order valence-corrected chi connectivity index (χ4v) is 4.51. The second-order valence-corrected chi connectivity index (χ2v) is 8.54. The van der Waals surface area contributed by atoms with E-state index in [4.69, 9.17) is 25.8 Å². The fourth-order valence-electron chi connectivity index (χ4n) is 4.32. The van der Waals surface area contributed by atoms with Gasteiger partial charge in [-0.05, 0) is 55.7 Å². The highest BCUT2D eigenvalue weighted by Crippen LogP contribution is 2.51. The van der Waals surface area contributed by atoms with E-state index in [1.54, 1.807) is 18.2 Å². The molecule has 0 aliphatic carbocycles. The van der Waals surface area contributed by atoms with Crippen LogP contribution in [0.25, 0.3) is 0 Å². The smallest absolute Gasteiger partial charge is 0.225 e. The molecule has 2 bridgehead atoms. The van der Waals surface area contributed by atoms with Crippen LogP contribution in [-0.4, -0.2) is 63.7 Å². The van der Waals surface area contributed by atoms with Gasteiger partial charge >= 0.3 is 0 Å². The molecule has 2 aliphatic rings. The normalized spacial score (nSPS) is 33.3. The number of ether oxygens (including phenoxy) is 3. The summed E-state index contributed by atoms with van der Waals surface area (Å²) < 4.78 is 17.3. The van der Waals surface area contributed by atoms with Crippen LogP contribution in [0.2, 0.25) is 5.02 Å². The average Bonchev–Trinajstić information content (AvgIpc) is 3.15. The molecule has 8 heteroatoms. The number of fused-ring (bicyclic) bond motifs is 2. The van der Waals surface area contributed by atoms with Gasteiger partial charge in [-0.3, -0.25) is 0 Å². The maximum absolute atomic E-state index is 10.8. The van der Waals surface area contributed by atoms with E-state index in [2.05, 4.69) is 0 Å². The summed E-state index contributed by atoms with van der Waals surface area (Å²) in [4.78, 5) is 0. The minimum absolute atomic E-state index is 0.184. The van der Waals surface area contributed by atoms with Crippen LogP contribution in [0.4, 0.5) is 0 Å². The standard InChI is InChI=1S/C23H27ClO7/c1-3-29-17-7-4-14(5-8-17)10-15-11-16(6-9-18(15)24)23-21(28)19(26)20(27)22(31-23,12-30-23)13(2)25/h4-9,11,13,19-21,25-28H,3,10,12H2,1-2H3/t13?,19-,20-,21+,22?,23?/m0/s1. The lowest BCUT2D eigenvalue weighted by Crippen LogP contribution is -2.67. The first-order valence-electron chi connectivity index (χ1n) is 10.3. The van der Waals surface area contributed by atoms with Crippen LogP contribution >= 0.6 is 11.6 Å². The van der Waals surface area contributed by atoms with Gasteiger partial charge in [-0.25, -0.2) is 0 Å². The molecular weight excluding hydrogens is 424 g/mol. The van der Waals surface area contributed by atoms with Crippen LogP contribution in [0.5, 0.6) is 5.75 Å². The lowest BCUT2D eigenvalue weighted by atomic mass is 9.81. The quantitative estimate of drug-likeness (QED) is 0.531. The molecule has 3 unspecified atom stereocenters. The van der Waals surface area contributed by atoms with Crippen LogP contribution in [0.3, 0.4) is 0 Å². The molecule has 0 aromatic heterocycles. The Hall–Kier alpha value is -1.71. The first-order chi connectivity index (χ1) is 14.7. The Kier molecular flexibility index (Phi) is 6.04. The van der Waals surface area contributed by atoms with E-state index in [0.29, 0.717) is 23.6 Å². The van der Waals surface area contributed by atoms with Crippen molar-refractivity contribution in [3.8, 4) is 5.75 Å². The van der Waals surface area contributed by atoms with Crippen LogP contribution in [0.15, 0.2) is 42.5 Å². The highest BCUT2D eigenvalue weighted by Gasteiger charge is 2.68. The predicted octanol–water partition coefficient (Wildman–Crippen LogP) is 1.74. The zero-order valence-corrected chi connectivity index (χ0v) is 18.1. The van der Waals surface area contributed by atoms with E-state index in [0.717, 1.165) is 16.9 Å². The van der Waals surface area contributed by atoms with E-state index >= 15 is 0 Å².